The quantitative estimate of drug-likeness (QED) is 0.871. The van der Waals surface area contributed by atoms with Crippen LogP contribution in [-0.4, -0.2) is 34.9 Å². The summed E-state index contributed by atoms with van der Waals surface area (Å²) in [5, 5.41) is 3.15. The Labute approximate surface area is 114 Å². The zero-order valence-electron chi connectivity index (χ0n) is 11.6. The third kappa shape index (κ3) is 3.36. The second kappa shape index (κ2) is 5.91. The molecule has 0 radical (unpaired) electrons. The number of likely N-dealkylation sites (tertiary alicyclic amines) is 1. The van der Waals surface area contributed by atoms with E-state index < -0.39 is 0 Å². The lowest BCUT2D eigenvalue weighted by molar-refractivity contribution is -0.132. The van der Waals surface area contributed by atoms with Crippen LogP contribution in [0.25, 0.3) is 0 Å². The van der Waals surface area contributed by atoms with Crippen LogP contribution in [0.15, 0.2) is 12.1 Å². The highest BCUT2D eigenvalue weighted by molar-refractivity contribution is 5.84. The van der Waals surface area contributed by atoms with Crippen LogP contribution in [0.3, 0.4) is 0 Å². The monoisotopic (exact) mass is 262 g/mol. The molecule has 2 rings (SSSR count). The molecule has 1 fully saturated rings. The summed E-state index contributed by atoms with van der Waals surface area (Å²) < 4.78 is 0. The number of carbonyl (C=O) groups excluding carboxylic acids is 1. The summed E-state index contributed by atoms with van der Waals surface area (Å²) in [4.78, 5) is 18.5. The molecule has 3 N–H and O–H groups in total. The molecule has 2 heterocycles. The summed E-state index contributed by atoms with van der Waals surface area (Å²) in [5.41, 5.74) is 7.18. The summed E-state index contributed by atoms with van der Waals surface area (Å²) >= 11 is 0. The van der Waals surface area contributed by atoms with Crippen molar-refractivity contribution in [2.75, 3.05) is 24.1 Å². The molecule has 0 aliphatic carbocycles. The summed E-state index contributed by atoms with van der Waals surface area (Å²) in [5.74, 6) is 0.848. The molecular formula is C14H22N4O. The van der Waals surface area contributed by atoms with Crippen molar-refractivity contribution in [3.63, 3.8) is 0 Å². The first kappa shape index (κ1) is 13.6. The Morgan fingerprint density at radius 1 is 1.37 bits per heavy atom. The van der Waals surface area contributed by atoms with E-state index in [1.165, 1.54) is 6.42 Å². The minimum absolute atomic E-state index is 0.149. The molecule has 0 saturated carbocycles. The molecule has 1 aliphatic rings. The molecule has 0 spiro atoms. The minimum atomic E-state index is -0.256. The highest BCUT2D eigenvalue weighted by Crippen LogP contribution is 2.15. The molecule has 1 saturated heterocycles. The van der Waals surface area contributed by atoms with Crippen LogP contribution in [-0.2, 0) is 4.79 Å². The Kier molecular flexibility index (Phi) is 4.24. The van der Waals surface area contributed by atoms with Crippen molar-refractivity contribution in [3.8, 4) is 0 Å². The third-order valence-corrected chi connectivity index (χ3v) is 3.53. The number of piperidine rings is 1. The number of anilines is 2. The molecule has 5 nitrogen and oxygen atoms in total. The molecule has 1 aromatic heterocycles. The summed E-state index contributed by atoms with van der Waals surface area (Å²) in [6, 6.07) is 3.36. The number of aryl methyl sites for hydroxylation is 1. The van der Waals surface area contributed by atoms with Gasteiger partial charge in [-0.25, -0.2) is 4.98 Å². The van der Waals surface area contributed by atoms with Gasteiger partial charge in [0.25, 0.3) is 0 Å². The highest BCUT2D eigenvalue weighted by atomic mass is 16.2. The SMILES string of the molecule is Cc1nc(NC(C)C(=O)N2CCCCC2)ccc1N. The fourth-order valence-corrected chi connectivity index (χ4v) is 2.32. The van der Waals surface area contributed by atoms with E-state index in [0.717, 1.165) is 31.6 Å². The Balaban J connectivity index is 1.97. The van der Waals surface area contributed by atoms with Gasteiger partial charge in [-0.3, -0.25) is 4.79 Å². The van der Waals surface area contributed by atoms with Crippen LogP contribution < -0.4 is 11.1 Å². The van der Waals surface area contributed by atoms with Gasteiger partial charge in [-0.2, -0.15) is 0 Å². The molecule has 19 heavy (non-hydrogen) atoms. The number of carbonyl (C=O) groups is 1. The molecule has 1 atom stereocenters. The van der Waals surface area contributed by atoms with E-state index in [4.69, 9.17) is 5.73 Å². The maximum Gasteiger partial charge on any atom is 0.244 e. The van der Waals surface area contributed by atoms with Gasteiger partial charge in [-0.15, -0.1) is 0 Å². The number of nitrogens with two attached hydrogens (primary N) is 1. The largest absolute Gasteiger partial charge is 0.397 e. The summed E-state index contributed by atoms with van der Waals surface area (Å²) in [6.45, 7) is 5.49. The van der Waals surface area contributed by atoms with Gasteiger partial charge in [0.2, 0.25) is 5.91 Å². The van der Waals surface area contributed by atoms with E-state index in [0.29, 0.717) is 11.5 Å². The number of amides is 1. The van der Waals surface area contributed by atoms with E-state index in [1.54, 1.807) is 0 Å². The number of nitrogen functional groups attached to an aromatic ring is 1. The van der Waals surface area contributed by atoms with Gasteiger partial charge < -0.3 is 16.0 Å². The first-order valence-corrected chi connectivity index (χ1v) is 6.86. The van der Waals surface area contributed by atoms with Crippen LogP contribution in [0.4, 0.5) is 11.5 Å². The highest BCUT2D eigenvalue weighted by Gasteiger charge is 2.22. The Morgan fingerprint density at radius 2 is 2.05 bits per heavy atom. The van der Waals surface area contributed by atoms with Gasteiger partial charge in [0.05, 0.1) is 11.4 Å². The van der Waals surface area contributed by atoms with Crippen molar-refractivity contribution in [2.45, 2.75) is 39.2 Å². The van der Waals surface area contributed by atoms with E-state index >= 15 is 0 Å². The van der Waals surface area contributed by atoms with Crippen molar-refractivity contribution >= 4 is 17.4 Å². The number of nitrogens with zero attached hydrogens (tertiary/aromatic N) is 2. The van der Waals surface area contributed by atoms with Gasteiger partial charge in [-0.1, -0.05) is 0 Å². The maximum absolute atomic E-state index is 12.3. The molecule has 1 unspecified atom stereocenters. The van der Waals surface area contributed by atoms with Crippen molar-refractivity contribution in [1.29, 1.82) is 0 Å². The molecule has 1 amide bonds. The Hall–Kier alpha value is -1.78. The predicted octanol–water partition coefficient (Wildman–Crippen LogP) is 1.79. The summed E-state index contributed by atoms with van der Waals surface area (Å²) in [6.07, 6.45) is 3.44. The maximum atomic E-state index is 12.3. The van der Waals surface area contributed by atoms with Crippen LogP contribution in [0.2, 0.25) is 0 Å². The van der Waals surface area contributed by atoms with Crippen LogP contribution in [0.5, 0.6) is 0 Å². The zero-order chi connectivity index (χ0) is 13.8. The molecule has 0 bridgehead atoms. The van der Waals surface area contributed by atoms with Gasteiger partial charge in [0.15, 0.2) is 0 Å². The second-order valence-corrected chi connectivity index (χ2v) is 5.12. The normalized spacial score (nSPS) is 17.1. The standard InChI is InChI=1S/C14H22N4O/c1-10-12(15)6-7-13(16-10)17-11(2)14(19)18-8-4-3-5-9-18/h6-7,11H,3-5,8-9,15H2,1-2H3,(H,16,17). The van der Waals surface area contributed by atoms with E-state index in [9.17, 15) is 4.79 Å². The number of nitrogens with one attached hydrogen (secondary N) is 1. The van der Waals surface area contributed by atoms with Crippen LogP contribution in [0, 0.1) is 6.92 Å². The zero-order valence-corrected chi connectivity index (χ0v) is 11.6. The van der Waals surface area contributed by atoms with Crippen molar-refractivity contribution < 1.29 is 4.79 Å². The first-order valence-electron chi connectivity index (χ1n) is 6.86. The number of pyridine rings is 1. The van der Waals surface area contributed by atoms with Crippen molar-refractivity contribution in [2.24, 2.45) is 0 Å². The Bertz CT molecular complexity index is 455. The molecule has 1 aliphatic heterocycles. The van der Waals surface area contributed by atoms with Gasteiger partial charge in [0, 0.05) is 13.1 Å². The lowest BCUT2D eigenvalue weighted by atomic mass is 10.1. The second-order valence-electron chi connectivity index (χ2n) is 5.12. The lowest BCUT2D eigenvalue weighted by Gasteiger charge is -2.29. The van der Waals surface area contributed by atoms with E-state index in [-0.39, 0.29) is 11.9 Å². The average Bonchev–Trinajstić information content (AvgIpc) is 2.43. The number of hydrogen-bond acceptors (Lipinski definition) is 4. The smallest absolute Gasteiger partial charge is 0.244 e. The minimum Gasteiger partial charge on any atom is -0.397 e. The topological polar surface area (TPSA) is 71.2 Å². The average molecular weight is 262 g/mol. The van der Waals surface area contributed by atoms with Crippen LogP contribution >= 0.6 is 0 Å². The predicted molar refractivity (Wildman–Crippen MR) is 76.9 cm³/mol. The lowest BCUT2D eigenvalue weighted by Crippen LogP contribution is -2.44. The molecular weight excluding hydrogens is 240 g/mol. The van der Waals surface area contributed by atoms with Gasteiger partial charge >= 0.3 is 0 Å². The Morgan fingerprint density at radius 3 is 2.68 bits per heavy atom. The molecule has 5 heteroatoms. The fraction of sp³-hybridized carbons (Fsp3) is 0.571. The number of rotatable bonds is 3. The number of aromatic nitrogens is 1. The van der Waals surface area contributed by atoms with Crippen molar-refractivity contribution in [1.82, 2.24) is 9.88 Å². The van der Waals surface area contributed by atoms with E-state index in [1.807, 2.05) is 30.9 Å². The van der Waals surface area contributed by atoms with Crippen LogP contribution in [0.1, 0.15) is 31.9 Å². The van der Waals surface area contributed by atoms with Gasteiger partial charge in [0.1, 0.15) is 11.9 Å². The first-order chi connectivity index (χ1) is 9.08. The van der Waals surface area contributed by atoms with Crippen molar-refractivity contribution in [3.05, 3.63) is 17.8 Å². The van der Waals surface area contributed by atoms with E-state index in [2.05, 4.69) is 10.3 Å². The van der Waals surface area contributed by atoms with Gasteiger partial charge in [-0.05, 0) is 45.2 Å². The molecule has 1 aromatic rings. The summed E-state index contributed by atoms with van der Waals surface area (Å²) in [7, 11) is 0. The fourth-order valence-electron chi connectivity index (χ4n) is 2.32. The molecule has 0 aromatic carbocycles. The molecule has 104 valence electrons. The third-order valence-electron chi connectivity index (χ3n) is 3.53. The number of hydrogen-bond donors (Lipinski definition) is 2.